The molecular weight excluding hydrogens is 1110 g/mol. The topological polar surface area (TPSA) is 197 Å². The smallest absolute Gasteiger partial charge is 0.338 e. The van der Waals surface area contributed by atoms with Crippen LogP contribution in [0.3, 0.4) is 0 Å². The van der Waals surface area contributed by atoms with Gasteiger partial charge in [0, 0.05) is 25.7 Å². The molecule has 0 aliphatic carbocycles. The molecule has 4 heterocycles. The van der Waals surface area contributed by atoms with Crippen molar-refractivity contribution < 1.29 is 94.6 Å². The minimum Gasteiger partial charge on any atom is -1.00 e. The molecule has 4 aliphatic rings. The monoisotopic (exact) mass is 1170 g/mol. The van der Waals surface area contributed by atoms with Crippen LogP contribution >= 0.6 is 0 Å². The average molecular weight is 1180 g/mol. The third-order valence-corrected chi connectivity index (χ3v) is 13.6. The molecule has 6 aromatic rings. The number of nitrogens with zero attached hydrogens (tertiary/aromatic N) is 7. The molecule has 19 heteroatoms. The zero-order chi connectivity index (χ0) is 56.8. The Balaban J connectivity index is 0.000000270. The van der Waals surface area contributed by atoms with Crippen molar-refractivity contribution >= 4 is 69.5 Å². The lowest BCUT2D eigenvalue weighted by atomic mass is 9.99. The molecule has 0 unspecified atom stereocenters. The Bertz CT molecular complexity index is 3250. The fourth-order valence-electron chi connectivity index (χ4n) is 8.99. The summed E-state index contributed by atoms with van der Waals surface area (Å²) in [5.41, 5.74) is 16.7. The molecule has 0 radical (unpaired) electrons. The van der Waals surface area contributed by atoms with Gasteiger partial charge < -0.3 is 75.5 Å². The third-order valence-electron chi connectivity index (χ3n) is 13.6. The number of carboxylic acids is 2. The van der Waals surface area contributed by atoms with Gasteiger partial charge in [0.25, 0.3) is 0 Å². The van der Waals surface area contributed by atoms with Crippen molar-refractivity contribution in [2.24, 2.45) is 20.0 Å². The molecule has 16 nitrogen and oxygen atoms in total. The number of aliphatic hydroxyl groups is 1. The van der Waals surface area contributed by atoms with Gasteiger partial charge in [0.1, 0.15) is 32.8 Å². The van der Waals surface area contributed by atoms with E-state index in [4.69, 9.17) is 34.8 Å². The van der Waals surface area contributed by atoms with Gasteiger partial charge in [-0.2, -0.15) is 0 Å². The molecule has 6 aromatic carbocycles. The van der Waals surface area contributed by atoms with Crippen molar-refractivity contribution in [3.05, 3.63) is 188 Å². The molecule has 0 saturated heterocycles. The fourth-order valence-corrected chi connectivity index (χ4v) is 8.99. The Kier molecular flexibility index (Phi) is 22.0. The molecule has 432 valence electrons. The van der Waals surface area contributed by atoms with Crippen LogP contribution in [0.1, 0.15) is 85.9 Å². The molecule has 10 rings (SSSR count). The van der Waals surface area contributed by atoms with Gasteiger partial charge in [0.2, 0.25) is 0 Å². The molecule has 4 aliphatic heterocycles. The SMILES string of the molecule is C[N+](C)(C)CCO.C[N+](C)(C)CCOC(=O)c1ccc2c(c1)CC(c1ccc(C3=Nc4ccc(C(=O)OCC[N+](C)(C)C)cc4C3)cc1)=N2.O=C(O)c1ccc2c(c1)CC(c1ccc(C3=Nc4ccc(C(=O)O)cc4C3)cc1)=N2.[Cl-].[Cl-].[Cl-]. The van der Waals surface area contributed by atoms with E-state index in [1.54, 1.807) is 48.5 Å². The van der Waals surface area contributed by atoms with E-state index in [-0.39, 0.29) is 66.9 Å². The van der Waals surface area contributed by atoms with Gasteiger partial charge in [-0.3, -0.25) is 20.0 Å². The molecule has 3 N–H and O–H groups in total. The van der Waals surface area contributed by atoms with Crippen LogP contribution in [0.4, 0.5) is 22.7 Å². The maximum Gasteiger partial charge on any atom is 0.338 e. The largest absolute Gasteiger partial charge is 1.00 e. The number of aliphatic hydroxyl groups excluding tert-OH is 1. The van der Waals surface area contributed by atoms with Crippen LogP contribution in [0, 0.1) is 0 Å². The predicted molar refractivity (Wildman–Crippen MR) is 309 cm³/mol. The average Bonchev–Trinajstić information content (AvgIpc) is 4.41. The highest BCUT2D eigenvalue weighted by atomic mass is 35.5. The molecule has 0 fully saturated rings. The van der Waals surface area contributed by atoms with E-state index in [2.05, 4.69) is 97.7 Å². The first-order valence-corrected chi connectivity index (χ1v) is 26.3. The number of aliphatic imine (C=N–C) groups is 4. The molecule has 82 heavy (non-hydrogen) atoms. The maximum atomic E-state index is 12.6. The molecule has 0 bridgehead atoms. The first kappa shape index (κ1) is 65.4. The Morgan fingerprint density at radius 1 is 0.390 bits per heavy atom. The Morgan fingerprint density at radius 2 is 0.634 bits per heavy atom. The highest BCUT2D eigenvalue weighted by Crippen LogP contribution is 2.34. The van der Waals surface area contributed by atoms with Crippen LogP contribution in [0.15, 0.2) is 141 Å². The summed E-state index contributed by atoms with van der Waals surface area (Å²) in [6, 6.07) is 37.4. The van der Waals surface area contributed by atoms with Crippen molar-refractivity contribution in [3.8, 4) is 0 Å². The van der Waals surface area contributed by atoms with Gasteiger partial charge in [0.15, 0.2) is 0 Å². The summed E-state index contributed by atoms with van der Waals surface area (Å²) >= 11 is 0. The lowest BCUT2D eigenvalue weighted by Crippen LogP contribution is -3.00. The van der Waals surface area contributed by atoms with Crippen LogP contribution < -0.4 is 37.2 Å². The molecule has 0 spiro atoms. The van der Waals surface area contributed by atoms with E-state index in [1.165, 1.54) is 0 Å². The number of hydrogen-bond acceptors (Lipinski definition) is 11. The van der Waals surface area contributed by atoms with Crippen molar-refractivity contribution in [1.29, 1.82) is 0 Å². The van der Waals surface area contributed by atoms with Gasteiger partial charge in [-0.25, -0.2) is 19.2 Å². The second-order valence-corrected chi connectivity index (χ2v) is 23.1. The number of fused-ring (bicyclic) bond motifs is 4. The number of halogens is 3. The number of carbonyl (C=O) groups excluding carboxylic acids is 2. The number of rotatable bonds is 16. The first-order valence-electron chi connectivity index (χ1n) is 26.3. The summed E-state index contributed by atoms with van der Waals surface area (Å²) in [6.45, 7) is 3.39. The molecule has 0 saturated carbocycles. The number of benzene rings is 6. The van der Waals surface area contributed by atoms with Crippen molar-refractivity contribution in [2.45, 2.75) is 25.7 Å². The molecule has 0 aromatic heterocycles. The lowest BCUT2D eigenvalue weighted by molar-refractivity contribution is -0.870. The van der Waals surface area contributed by atoms with E-state index in [0.717, 1.165) is 123 Å². The summed E-state index contributed by atoms with van der Waals surface area (Å²) in [4.78, 5) is 66.4. The van der Waals surface area contributed by atoms with Crippen molar-refractivity contribution in [2.75, 3.05) is 103 Å². The normalized spacial score (nSPS) is 13.4. The standard InChI is InChI=1S/C34H40N4O4.C24H16N2O4.C5H14NO.3ClH/c1-37(2,3)15-17-41-33(39)25-11-13-29-27(19-25)21-31(35-29)23-7-9-24(10-8-23)32-22-28-20-26(12-14-30(28)36-32)34(40)42-18-16-38(4,5)6;27-23(28)15-5-7-19-17(9-15)11-21(25-19)13-1-2-14(4-3-13)22-12-18-10-16(24(29)30)6-8-20(18)26-22;1-6(2,3)4-5-7;;;/h7-14,19-20H,15-18,21-22H2,1-6H3;1-10H,11-12H2,(H,27,28)(H,29,30);7H,4-5H2,1-3H3;3*1H/q+2;;+1;;;/p-3. The maximum absolute atomic E-state index is 12.6. The predicted octanol–water partition coefficient (Wildman–Crippen LogP) is -0.0999. The third kappa shape index (κ3) is 17.3. The van der Waals surface area contributed by atoms with Crippen molar-refractivity contribution in [3.63, 3.8) is 0 Å². The molecular formula is C63H70Cl3N7O9. The van der Waals surface area contributed by atoms with Crippen LogP contribution in [-0.2, 0) is 35.2 Å². The number of aromatic carboxylic acids is 2. The number of hydrogen-bond donors (Lipinski definition) is 3. The minimum absolute atomic E-state index is 0. The number of likely N-dealkylation sites (N-methyl/N-ethyl adjacent to an activating group) is 3. The van der Waals surface area contributed by atoms with Crippen LogP contribution in [0.2, 0.25) is 0 Å². The number of quaternary nitrogens is 3. The second-order valence-electron chi connectivity index (χ2n) is 23.1. The molecule has 0 amide bonds. The van der Waals surface area contributed by atoms with E-state index in [9.17, 15) is 19.2 Å². The number of ether oxygens (including phenoxy) is 2. The second kappa shape index (κ2) is 27.6. The van der Waals surface area contributed by atoms with Crippen LogP contribution in [0.25, 0.3) is 0 Å². The first-order chi connectivity index (χ1) is 37.4. The van der Waals surface area contributed by atoms with Gasteiger partial charge in [-0.15, -0.1) is 0 Å². The van der Waals surface area contributed by atoms with Crippen LogP contribution in [-0.4, -0.2) is 178 Å². The Hall–Kier alpha value is -7.41. The van der Waals surface area contributed by atoms with Crippen LogP contribution in [0.5, 0.6) is 0 Å². The summed E-state index contributed by atoms with van der Waals surface area (Å²) in [7, 11) is 18.6. The van der Waals surface area contributed by atoms with Gasteiger partial charge in [0.05, 0.1) is 138 Å². The minimum atomic E-state index is -0.940. The fraction of sp³-hybridized carbons (Fsp3) is 0.302. The highest BCUT2D eigenvalue weighted by molar-refractivity contribution is 6.11. The summed E-state index contributed by atoms with van der Waals surface area (Å²) in [6.07, 6.45) is 2.52. The summed E-state index contributed by atoms with van der Waals surface area (Å²) in [5, 5.41) is 26.7. The van der Waals surface area contributed by atoms with E-state index in [1.807, 2.05) is 48.5 Å². The molecule has 0 atom stereocenters. The highest BCUT2D eigenvalue weighted by Gasteiger charge is 2.24. The lowest BCUT2D eigenvalue weighted by Gasteiger charge is -2.23. The zero-order valence-corrected chi connectivity index (χ0v) is 49.9. The Labute approximate surface area is 498 Å². The van der Waals surface area contributed by atoms with E-state index in [0.29, 0.717) is 50.0 Å². The van der Waals surface area contributed by atoms with Gasteiger partial charge in [-0.05, 0) is 117 Å². The number of esters is 2. The Morgan fingerprint density at radius 3 is 0.854 bits per heavy atom. The van der Waals surface area contributed by atoms with Gasteiger partial charge in [-0.1, -0.05) is 48.5 Å². The van der Waals surface area contributed by atoms with E-state index < -0.39 is 11.9 Å². The summed E-state index contributed by atoms with van der Waals surface area (Å²) < 4.78 is 13.3. The number of carboxylic acid groups (broad SMARTS) is 2. The summed E-state index contributed by atoms with van der Waals surface area (Å²) in [5.74, 6) is -2.48. The van der Waals surface area contributed by atoms with E-state index >= 15 is 0 Å². The van der Waals surface area contributed by atoms with Gasteiger partial charge >= 0.3 is 23.9 Å². The number of carbonyl (C=O) groups is 4. The van der Waals surface area contributed by atoms with Crippen molar-refractivity contribution in [1.82, 2.24) is 0 Å². The quantitative estimate of drug-likeness (QED) is 0.0877. The zero-order valence-electron chi connectivity index (χ0n) is 47.7.